The summed E-state index contributed by atoms with van der Waals surface area (Å²) in [4.78, 5) is 17.8. The van der Waals surface area contributed by atoms with Crippen molar-refractivity contribution in [2.75, 3.05) is 31.2 Å². The monoisotopic (exact) mass is 365 g/mol. The number of benzene rings is 1. The van der Waals surface area contributed by atoms with Gasteiger partial charge in [-0.15, -0.1) is 5.10 Å². The van der Waals surface area contributed by atoms with E-state index < -0.39 is 5.97 Å². The number of carbonyl (C=O) groups is 1. The molecule has 8 heteroatoms. The highest BCUT2D eigenvalue weighted by molar-refractivity contribution is 5.88. The summed E-state index contributed by atoms with van der Waals surface area (Å²) < 4.78 is 6.99. The maximum absolute atomic E-state index is 11.2. The topological polar surface area (TPSA) is 93.4 Å². The summed E-state index contributed by atoms with van der Waals surface area (Å²) >= 11 is 0. The molecule has 8 nitrogen and oxygen atoms in total. The van der Waals surface area contributed by atoms with Gasteiger partial charge in [-0.3, -0.25) is 4.98 Å². The quantitative estimate of drug-likeness (QED) is 0.757. The van der Waals surface area contributed by atoms with Gasteiger partial charge in [-0.1, -0.05) is 11.3 Å². The Morgan fingerprint density at radius 3 is 2.78 bits per heavy atom. The van der Waals surface area contributed by atoms with Crippen molar-refractivity contribution in [3.05, 3.63) is 54.0 Å². The van der Waals surface area contributed by atoms with E-state index in [2.05, 4.69) is 20.2 Å². The molecule has 4 rings (SSSR count). The summed E-state index contributed by atoms with van der Waals surface area (Å²) in [6.07, 6.45) is 5.37. The average Bonchev–Trinajstić information content (AvgIpc) is 3.19. The van der Waals surface area contributed by atoms with E-state index in [9.17, 15) is 9.90 Å². The molecule has 0 radical (unpaired) electrons. The van der Waals surface area contributed by atoms with Gasteiger partial charge >= 0.3 is 5.97 Å². The number of carboxylic acid groups (broad SMARTS) is 1. The van der Waals surface area contributed by atoms with Crippen molar-refractivity contribution in [3.63, 3.8) is 0 Å². The molecule has 0 spiro atoms. The predicted octanol–water partition coefficient (Wildman–Crippen LogP) is 2.17. The lowest BCUT2D eigenvalue weighted by atomic mass is 10.1. The number of morpholine rings is 1. The van der Waals surface area contributed by atoms with Gasteiger partial charge in [0.15, 0.2) is 0 Å². The van der Waals surface area contributed by atoms with E-state index in [1.54, 1.807) is 35.3 Å². The SMILES string of the molecule is Cc1ccc(C(=O)O)cc1-n1cc(-c2cncc(N3CCOCC3)c2)nn1. The molecule has 2 aromatic heterocycles. The Morgan fingerprint density at radius 2 is 2.00 bits per heavy atom. The molecule has 0 unspecified atom stereocenters. The third-order valence-electron chi connectivity index (χ3n) is 4.59. The molecular weight excluding hydrogens is 346 g/mol. The lowest BCUT2D eigenvalue weighted by Crippen LogP contribution is -2.36. The molecule has 1 aromatic carbocycles. The number of ether oxygens (including phenoxy) is 1. The molecule has 1 aliphatic heterocycles. The maximum atomic E-state index is 11.2. The minimum Gasteiger partial charge on any atom is -0.478 e. The summed E-state index contributed by atoms with van der Waals surface area (Å²) in [7, 11) is 0. The number of anilines is 1. The van der Waals surface area contributed by atoms with E-state index in [1.807, 2.05) is 19.2 Å². The van der Waals surface area contributed by atoms with Crippen LogP contribution in [-0.2, 0) is 4.74 Å². The molecule has 1 N–H and O–H groups in total. The summed E-state index contributed by atoms with van der Waals surface area (Å²) in [5, 5.41) is 17.6. The van der Waals surface area contributed by atoms with Crippen molar-refractivity contribution in [3.8, 4) is 16.9 Å². The lowest BCUT2D eigenvalue weighted by Gasteiger charge is -2.28. The molecule has 0 atom stereocenters. The smallest absolute Gasteiger partial charge is 0.335 e. The van der Waals surface area contributed by atoms with Gasteiger partial charge in [-0.05, 0) is 30.7 Å². The van der Waals surface area contributed by atoms with Gasteiger partial charge in [0.05, 0.1) is 42.5 Å². The van der Waals surface area contributed by atoms with Crippen LogP contribution in [0.15, 0.2) is 42.9 Å². The van der Waals surface area contributed by atoms with Crippen LogP contribution in [0.3, 0.4) is 0 Å². The van der Waals surface area contributed by atoms with Gasteiger partial charge < -0.3 is 14.7 Å². The number of aromatic carboxylic acids is 1. The zero-order valence-corrected chi connectivity index (χ0v) is 14.9. The number of hydrogen-bond acceptors (Lipinski definition) is 6. The lowest BCUT2D eigenvalue weighted by molar-refractivity contribution is 0.0697. The number of rotatable bonds is 4. The first-order valence-corrected chi connectivity index (χ1v) is 8.66. The van der Waals surface area contributed by atoms with Crippen LogP contribution in [0.2, 0.25) is 0 Å². The molecule has 3 aromatic rings. The van der Waals surface area contributed by atoms with Crippen LogP contribution in [0.5, 0.6) is 0 Å². The fourth-order valence-corrected chi connectivity index (χ4v) is 3.07. The van der Waals surface area contributed by atoms with E-state index in [0.29, 0.717) is 24.6 Å². The van der Waals surface area contributed by atoms with Gasteiger partial charge in [-0.2, -0.15) is 0 Å². The van der Waals surface area contributed by atoms with Crippen molar-refractivity contribution in [2.24, 2.45) is 0 Å². The number of nitrogens with zero attached hydrogens (tertiary/aromatic N) is 5. The highest BCUT2D eigenvalue weighted by atomic mass is 16.5. The van der Waals surface area contributed by atoms with E-state index in [1.165, 1.54) is 0 Å². The van der Waals surface area contributed by atoms with Gasteiger partial charge in [0.1, 0.15) is 5.69 Å². The Morgan fingerprint density at radius 1 is 1.19 bits per heavy atom. The Bertz CT molecular complexity index is 979. The van der Waals surface area contributed by atoms with Gasteiger partial charge in [-0.25, -0.2) is 9.48 Å². The van der Waals surface area contributed by atoms with Crippen molar-refractivity contribution in [1.29, 1.82) is 0 Å². The second-order valence-corrected chi connectivity index (χ2v) is 6.39. The van der Waals surface area contributed by atoms with Crippen molar-refractivity contribution in [2.45, 2.75) is 6.92 Å². The summed E-state index contributed by atoms with van der Waals surface area (Å²) in [5.41, 5.74) is 4.37. The first-order valence-electron chi connectivity index (χ1n) is 8.66. The highest BCUT2D eigenvalue weighted by Gasteiger charge is 2.14. The summed E-state index contributed by atoms with van der Waals surface area (Å²) in [6, 6.07) is 6.97. The number of hydrogen-bond donors (Lipinski definition) is 1. The first-order chi connectivity index (χ1) is 13.1. The maximum Gasteiger partial charge on any atom is 0.335 e. The third-order valence-corrected chi connectivity index (χ3v) is 4.59. The van der Waals surface area contributed by atoms with Gasteiger partial charge in [0, 0.05) is 24.8 Å². The van der Waals surface area contributed by atoms with Crippen LogP contribution in [0.25, 0.3) is 16.9 Å². The van der Waals surface area contributed by atoms with Crippen molar-refractivity contribution < 1.29 is 14.6 Å². The highest BCUT2D eigenvalue weighted by Crippen LogP contribution is 2.24. The molecule has 3 heterocycles. The fraction of sp³-hybridized carbons (Fsp3) is 0.263. The fourth-order valence-electron chi connectivity index (χ4n) is 3.07. The standard InChI is InChI=1S/C19H19N5O3/c1-13-2-3-14(19(25)26)9-18(13)24-12-17(21-22-24)15-8-16(11-20-10-15)23-4-6-27-7-5-23/h2-3,8-12H,4-7H2,1H3,(H,25,26). The summed E-state index contributed by atoms with van der Waals surface area (Å²) in [6.45, 7) is 4.99. The zero-order valence-electron chi connectivity index (χ0n) is 14.9. The van der Waals surface area contributed by atoms with Crippen LogP contribution in [0.1, 0.15) is 15.9 Å². The van der Waals surface area contributed by atoms with E-state index in [4.69, 9.17) is 4.74 Å². The van der Waals surface area contributed by atoms with Crippen LogP contribution < -0.4 is 4.90 Å². The second kappa shape index (κ2) is 7.16. The molecule has 1 aliphatic rings. The predicted molar refractivity (Wildman–Crippen MR) is 99.3 cm³/mol. The second-order valence-electron chi connectivity index (χ2n) is 6.39. The number of aryl methyl sites for hydroxylation is 1. The number of aromatic nitrogens is 4. The molecule has 0 aliphatic carbocycles. The molecular formula is C19H19N5O3. The normalized spacial score (nSPS) is 14.3. The van der Waals surface area contributed by atoms with Crippen molar-refractivity contribution in [1.82, 2.24) is 20.0 Å². The Hall–Kier alpha value is -3.26. The Labute approximate surface area is 156 Å². The molecule has 0 saturated carbocycles. The molecule has 27 heavy (non-hydrogen) atoms. The van der Waals surface area contributed by atoms with E-state index >= 15 is 0 Å². The molecule has 0 bridgehead atoms. The minimum atomic E-state index is -0.973. The first kappa shape index (κ1) is 17.2. The minimum absolute atomic E-state index is 0.212. The van der Waals surface area contributed by atoms with Gasteiger partial charge in [0.25, 0.3) is 0 Å². The van der Waals surface area contributed by atoms with E-state index in [0.717, 1.165) is 29.9 Å². The molecule has 1 saturated heterocycles. The van der Waals surface area contributed by atoms with Crippen LogP contribution in [0, 0.1) is 6.92 Å². The molecule has 0 amide bonds. The average molecular weight is 365 g/mol. The Kier molecular flexibility index (Phi) is 4.55. The largest absolute Gasteiger partial charge is 0.478 e. The van der Waals surface area contributed by atoms with Crippen molar-refractivity contribution >= 4 is 11.7 Å². The summed E-state index contributed by atoms with van der Waals surface area (Å²) in [5.74, 6) is -0.973. The van der Waals surface area contributed by atoms with Gasteiger partial charge in [0.2, 0.25) is 0 Å². The van der Waals surface area contributed by atoms with Crippen LogP contribution >= 0.6 is 0 Å². The third kappa shape index (κ3) is 3.52. The van der Waals surface area contributed by atoms with E-state index in [-0.39, 0.29) is 5.56 Å². The van der Waals surface area contributed by atoms with Crippen LogP contribution in [-0.4, -0.2) is 57.4 Å². The molecule has 138 valence electrons. The van der Waals surface area contributed by atoms with Crippen LogP contribution in [0.4, 0.5) is 5.69 Å². The number of carboxylic acids is 1. The zero-order chi connectivity index (χ0) is 18.8. The Balaban J connectivity index is 1.65. The number of pyridine rings is 1. The molecule has 1 fully saturated rings.